The molecule has 1 aromatic carbocycles. The largest absolute Gasteiger partial charge is 0.489 e. The lowest BCUT2D eigenvalue weighted by Crippen LogP contribution is -2.12. The van der Waals surface area contributed by atoms with Crippen molar-refractivity contribution in [3.05, 3.63) is 59.2 Å². The van der Waals surface area contributed by atoms with Crippen LogP contribution in [0.5, 0.6) is 5.75 Å². The molecule has 0 amide bonds. The molecule has 3 rings (SSSR count). The van der Waals surface area contributed by atoms with E-state index in [0.29, 0.717) is 17.0 Å². The Morgan fingerprint density at radius 3 is 2.95 bits per heavy atom. The topological polar surface area (TPSA) is 54.7 Å². The third-order valence-corrected chi connectivity index (χ3v) is 3.54. The first-order valence-electron chi connectivity index (χ1n) is 6.83. The van der Waals surface area contributed by atoms with Crippen molar-refractivity contribution in [1.82, 2.24) is 4.98 Å². The lowest BCUT2D eigenvalue weighted by atomic mass is 9.90. The first-order valence-corrected chi connectivity index (χ1v) is 6.83. The molecule has 0 saturated heterocycles. The van der Waals surface area contributed by atoms with Crippen LogP contribution in [0.1, 0.15) is 29.5 Å². The van der Waals surface area contributed by atoms with Crippen molar-refractivity contribution in [2.24, 2.45) is 5.16 Å². The molecule has 0 spiro atoms. The Bertz CT molecular complexity index is 686. The molecular formula is C16H15FN2O2. The molecule has 1 N–H and O–H groups in total. The van der Waals surface area contributed by atoms with Crippen molar-refractivity contribution in [1.29, 1.82) is 0 Å². The van der Waals surface area contributed by atoms with E-state index in [-0.39, 0.29) is 12.4 Å². The third kappa shape index (κ3) is 3.02. The van der Waals surface area contributed by atoms with Crippen LogP contribution in [-0.4, -0.2) is 15.9 Å². The number of fused-ring (bicyclic) bond motifs is 1. The lowest BCUT2D eigenvalue weighted by molar-refractivity contribution is 0.304. The van der Waals surface area contributed by atoms with Crippen LogP contribution in [-0.2, 0) is 13.0 Å². The summed E-state index contributed by atoms with van der Waals surface area (Å²) in [5.74, 6) is 0.289. The molecule has 0 aliphatic heterocycles. The maximum atomic E-state index is 13.1. The summed E-state index contributed by atoms with van der Waals surface area (Å²) in [5.41, 5.74) is 3.45. The van der Waals surface area contributed by atoms with Crippen LogP contribution in [0.15, 0.2) is 41.8 Å². The monoisotopic (exact) mass is 286 g/mol. The van der Waals surface area contributed by atoms with E-state index in [1.54, 1.807) is 6.20 Å². The second-order valence-electron chi connectivity index (χ2n) is 5.02. The molecule has 1 aromatic heterocycles. The molecule has 0 unspecified atom stereocenters. The van der Waals surface area contributed by atoms with Crippen LogP contribution >= 0.6 is 0 Å². The molecular weight excluding hydrogens is 271 g/mol. The van der Waals surface area contributed by atoms with Gasteiger partial charge in [-0.3, -0.25) is 4.98 Å². The van der Waals surface area contributed by atoms with E-state index in [4.69, 9.17) is 9.94 Å². The molecule has 108 valence electrons. The fraction of sp³-hybridized carbons (Fsp3) is 0.250. The van der Waals surface area contributed by atoms with Gasteiger partial charge in [-0.2, -0.15) is 0 Å². The van der Waals surface area contributed by atoms with Crippen molar-refractivity contribution in [2.75, 3.05) is 0 Å². The van der Waals surface area contributed by atoms with E-state index < -0.39 is 0 Å². The van der Waals surface area contributed by atoms with Gasteiger partial charge in [0.05, 0.1) is 11.9 Å². The summed E-state index contributed by atoms with van der Waals surface area (Å²) >= 11 is 0. The van der Waals surface area contributed by atoms with Gasteiger partial charge in [-0.15, -0.1) is 0 Å². The average Bonchev–Trinajstić information content (AvgIpc) is 2.52. The van der Waals surface area contributed by atoms with Crippen molar-refractivity contribution < 1.29 is 14.3 Å². The Hall–Kier alpha value is -2.43. The highest BCUT2D eigenvalue weighted by atomic mass is 19.1. The van der Waals surface area contributed by atoms with Crippen LogP contribution in [0.2, 0.25) is 0 Å². The van der Waals surface area contributed by atoms with Crippen molar-refractivity contribution in [3.63, 3.8) is 0 Å². The van der Waals surface area contributed by atoms with Crippen molar-refractivity contribution in [3.8, 4) is 5.75 Å². The standard InChI is InChI=1S/C16H15FN2O2/c17-13-6-11(8-18-9-13)10-21-14-5-4-12-2-1-3-16(19-20)15(12)7-14/h4-9,20H,1-3,10H2/b19-16-. The zero-order valence-electron chi connectivity index (χ0n) is 11.4. The van der Waals surface area contributed by atoms with Gasteiger partial charge in [0, 0.05) is 17.3 Å². The Morgan fingerprint density at radius 2 is 2.14 bits per heavy atom. The summed E-state index contributed by atoms with van der Waals surface area (Å²) in [6.07, 6.45) is 5.46. The van der Waals surface area contributed by atoms with E-state index >= 15 is 0 Å². The molecule has 0 radical (unpaired) electrons. The Kier molecular flexibility index (Phi) is 3.81. The van der Waals surface area contributed by atoms with Gasteiger partial charge < -0.3 is 9.94 Å². The number of hydrogen-bond donors (Lipinski definition) is 1. The highest BCUT2D eigenvalue weighted by Crippen LogP contribution is 2.26. The quantitative estimate of drug-likeness (QED) is 0.695. The molecule has 0 saturated carbocycles. The Balaban J connectivity index is 1.78. The maximum absolute atomic E-state index is 13.1. The number of hydrogen-bond acceptors (Lipinski definition) is 4. The second-order valence-corrected chi connectivity index (χ2v) is 5.02. The molecule has 0 fully saturated rings. The number of halogens is 1. The first kappa shape index (κ1) is 13.5. The number of oxime groups is 1. The van der Waals surface area contributed by atoms with Crippen LogP contribution in [0.25, 0.3) is 0 Å². The summed E-state index contributed by atoms with van der Waals surface area (Å²) in [6.45, 7) is 0.245. The zero-order chi connectivity index (χ0) is 14.7. The van der Waals surface area contributed by atoms with Gasteiger partial charge in [-0.1, -0.05) is 11.2 Å². The van der Waals surface area contributed by atoms with Gasteiger partial charge in [0.15, 0.2) is 0 Å². The molecule has 2 aromatic rings. The third-order valence-electron chi connectivity index (χ3n) is 3.54. The Morgan fingerprint density at radius 1 is 1.24 bits per heavy atom. The van der Waals surface area contributed by atoms with Gasteiger partial charge in [0.25, 0.3) is 0 Å². The summed E-state index contributed by atoms with van der Waals surface area (Å²) in [4.78, 5) is 3.78. The Labute approximate surface area is 121 Å². The molecule has 21 heavy (non-hydrogen) atoms. The van der Waals surface area contributed by atoms with E-state index in [0.717, 1.165) is 36.6 Å². The van der Waals surface area contributed by atoms with Crippen molar-refractivity contribution in [2.45, 2.75) is 25.9 Å². The highest BCUT2D eigenvalue weighted by Gasteiger charge is 2.16. The van der Waals surface area contributed by atoms with Gasteiger partial charge in [0.2, 0.25) is 0 Å². The lowest BCUT2D eigenvalue weighted by Gasteiger charge is -2.18. The van der Waals surface area contributed by atoms with Crippen molar-refractivity contribution >= 4 is 5.71 Å². The normalized spacial score (nSPS) is 15.8. The number of aryl methyl sites for hydroxylation is 1. The van der Waals surface area contributed by atoms with Crippen LogP contribution in [0.4, 0.5) is 4.39 Å². The predicted octanol–water partition coefficient (Wildman–Crippen LogP) is 3.31. The highest BCUT2D eigenvalue weighted by molar-refractivity contribution is 6.02. The number of aromatic nitrogens is 1. The number of ether oxygens (including phenoxy) is 1. The molecule has 1 heterocycles. The summed E-state index contributed by atoms with van der Waals surface area (Å²) in [6, 6.07) is 7.13. The molecule has 0 bridgehead atoms. The summed E-state index contributed by atoms with van der Waals surface area (Å²) in [5, 5.41) is 12.4. The minimum absolute atomic E-state index is 0.245. The summed E-state index contributed by atoms with van der Waals surface area (Å²) < 4.78 is 18.7. The minimum Gasteiger partial charge on any atom is -0.489 e. The van der Waals surface area contributed by atoms with Crippen LogP contribution in [0.3, 0.4) is 0 Å². The van der Waals surface area contributed by atoms with E-state index in [1.165, 1.54) is 6.07 Å². The van der Waals surface area contributed by atoms with E-state index in [2.05, 4.69) is 10.1 Å². The average molecular weight is 286 g/mol. The SMILES string of the molecule is O/N=C1/CCCc2ccc(OCc3cncc(F)c3)cc21. The van der Waals surface area contributed by atoms with Gasteiger partial charge in [0.1, 0.15) is 18.2 Å². The van der Waals surface area contributed by atoms with Gasteiger partial charge in [-0.05, 0) is 43.0 Å². The van der Waals surface area contributed by atoms with Gasteiger partial charge >= 0.3 is 0 Å². The molecule has 0 atom stereocenters. The first-order chi connectivity index (χ1) is 10.3. The zero-order valence-corrected chi connectivity index (χ0v) is 11.4. The molecule has 5 heteroatoms. The number of nitrogens with zero attached hydrogens (tertiary/aromatic N) is 2. The second kappa shape index (κ2) is 5.91. The van der Waals surface area contributed by atoms with Crippen LogP contribution in [0, 0.1) is 5.82 Å². The number of benzene rings is 1. The predicted molar refractivity (Wildman–Crippen MR) is 76.2 cm³/mol. The van der Waals surface area contributed by atoms with E-state index in [9.17, 15) is 4.39 Å². The molecule has 1 aliphatic rings. The van der Waals surface area contributed by atoms with E-state index in [1.807, 2.05) is 18.2 Å². The maximum Gasteiger partial charge on any atom is 0.141 e. The van der Waals surface area contributed by atoms with Crippen LogP contribution < -0.4 is 4.74 Å². The molecule has 1 aliphatic carbocycles. The fourth-order valence-electron chi connectivity index (χ4n) is 2.52. The van der Waals surface area contributed by atoms with Gasteiger partial charge in [-0.25, -0.2) is 4.39 Å². The minimum atomic E-state index is -0.378. The molecule has 4 nitrogen and oxygen atoms in total. The fourth-order valence-corrected chi connectivity index (χ4v) is 2.52. The number of pyridine rings is 1. The number of rotatable bonds is 3. The summed E-state index contributed by atoms with van der Waals surface area (Å²) in [7, 11) is 0. The smallest absolute Gasteiger partial charge is 0.141 e.